The number of benzene rings is 2. The van der Waals surface area contributed by atoms with E-state index in [1.54, 1.807) is 6.07 Å². The number of hydrogen-bond acceptors (Lipinski definition) is 2. The van der Waals surface area contributed by atoms with Crippen LogP contribution in [0.3, 0.4) is 0 Å². The predicted octanol–water partition coefficient (Wildman–Crippen LogP) is 4.83. The van der Waals surface area contributed by atoms with Gasteiger partial charge in [-0.15, -0.1) is 0 Å². The lowest BCUT2D eigenvalue weighted by Crippen LogP contribution is -2.39. The van der Waals surface area contributed by atoms with Crippen molar-refractivity contribution in [1.82, 2.24) is 0 Å². The second-order valence-electron chi connectivity index (χ2n) is 6.16. The molecular formula is C19H26O2. The van der Waals surface area contributed by atoms with Gasteiger partial charge in [-0.05, 0) is 34.7 Å². The monoisotopic (exact) mass is 286 g/mol. The average Bonchev–Trinajstić information content (AvgIpc) is 2.51. The average molecular weight is 286 g/mol. The maximum atomic E-state index is 11.4. The molecule has 0 heterocycles. The van der Waals surface area contributed by atoms with Gasteiger partial charge in [0.2, 0.25) is 0 Å². The zero-order valence-corrected chi connectivity index (χ0v) is 13.4. The molecule has 0 aliphatic heterocycles. The molecule has 2 atom stereocenters. The van der Waals surface area contributed by atoms with Gasteiger partial charge in [-0.2, -0.15) is 0 Å². The van der Waals surface area contributed by atoms with Crippen molar-refractivity contribution >= 4 is 10.8 Å². The van der Waals surface area contributed by atoms with Gasteiger partial charge in [0.15, 0.2) is 0 Å². The normalized spacial score (nSPS) is 17.4. The Morgan fingerprint density at radius 3 is 1.90 bits per heavy atom. The van der Waals surface area contributed by atoms with Crippen molar-refractivity contribution < 1.29 is 10.2 Å². The molecule has 0 saturated heterocycles. The van der Waals surface area contributed by atoms with Crippen molar-refractivity contribution in [3.8, 4) is 5.75 Å². The summed E-state index contributed by atoms with van der Waals surface area (Å²) in [6.45, 7) is 8.27. The van der Waals surface area contributed by atoms with Crippen LogP contribution in [0, 0.1) is 11.8 Å². The molecule has 0 bridgehead atoms. The van der Waals surface area contributed by atoms with Gasteiger partial charge in [0.25, 0.3) is 0 Å². The first-order valence-corrected chi connectivity index (χ1v) is 7.89. The van der Waals surface area contributed by atoms with E-state index >= 15 is 0 Å². The molecule has 2 aromatic carbocycles. The van der Waals surface area contributed by atoms with Crippen LogP contribution in [0.4, 0.5) is 0 Å². The van der Waals surface area contributed by atoms with E-state index in [1.807, 2.05) is 30.3 Å². The highest BCUT2D eigenvalue weighted by Gasteiger charge is 2.41. The molecule has 2 nitrogen and oxygen atoms in total. The van der Waals surface area contributed by atoms with Crippen LogP contribution >= 0.6 is 0 Å². The molecule has 0 saturated carbocycles. The summed E-state index contributed by atoms with van der Waals surface area (Å²) >= 11 is 0. The fourth-order valence-corrected chi connectivity index (χ4v) is 3.19. The zero-order chi connectivity index (χ0) is 15.6. The van der Waals surface area contributed by atoms with Gasteiger partial charge in [0.05, 0.1) is 5.60 Å². The highest BCUT2D eigenvalue weighted by atomic mass is 16.3. The van der Waals surface area contributed by atoms with Crippen LogP contribution in [0.25, 0.3) is 10.8 Å². The summed E-state index contributed by atoms with van der Waals surface area (Å²) in [5, 5.41) is 23.9. The number of hydrogen-bond donors (Lipinski definition) is 2. The van der Waals surface area contributed by atoms with Gasteiger partial charge in [-0.1, -0.05) is 64.8 Å². The summed E-state index contributed by atoms with van der Waals surface area (Å²) in [6.07, 6.45) is 1.74. The first-order valence-electron chi connectivity index (χ1n) is 7.89. The minimum absolute atomic E-state index is 0.0829. The molecular weight excluding hydrogens is 260 g/mol. The van der Waals surface area contributed by atoms with E-state index in [-0.39, 0.29) is 17.6 Å². The number of fused-ring (bicyclic) bond motifs is 1. The predicted molar refractivity (Wildman–Crippen MR) is 88.4 cm³/mol. The fraction of sp³-hybridized carbons (Fsp3) is 0.474. The van der Waals surface area contributed by atoms with Crippen molar-refractivity contribution in [2.45, 2.75) is 46.1 Å². The smallest absolute Gasteiger partial charge is 0.122 e. The van der Waals surface area contributed by atoms with Crippen molar-refractivity contribution in [3.05, 3.63) is 42.0 Å². The molecule has 0 aliphatic rings. The third-order valence-corrected chi connectivity index (χ3v) is 5.02. The van der Waals surface area contributed by atoms with Crippen LogP contribution in [0.5, 0.6) is 5.75 Å². The Kier molecular flexibility index (Phi) is 4.58. The van der Waals surface area contributed by atoms with Crippen LogP contribution < -0.4 is 0 Å². The van der Waals surface area contributed by atoms with Crippen molar-refractivity contribution in [2.75, 3.05) is 0 Å². The van der Waals surface area contributed by atoms with Crippen molar-refractivity contribution in [2.24, 2.45) is 11.8 Å². The Hall–Kier alpha value is -1.54. The molecule has 0 aromatic heterocycles. The summed E-state index contributed by atoms with van der Waals surface area (Å²) < 4.78 is 0. The number of phenolic OH excluding ortho intramolecular Hbond substituents is 1. The number of phenols is 1. The molecule has 2 rings (SSSR count). The third kappa shape index (κ3) is 2.65. The van der Waals surface area contributed by atoms with Crippen LogP contribution in [0.2, 0.25) is 0 Å². The minimum atomic E-state index is -1.00. The van der Waals surface area contributed by atoms with Gasteiger partial charge in [0, 0.05) is 5.56 Å². The molecule has 2 aromatic rings. The lowest BCUT2D eigenvalue weighted by atomic mass is 9.71. The Bertz CT molecular complexity index is 608. The lowest BCUT2D eigenvalue weighted by molar-refractivity contribution is -0.0691. The lowest BCUT2D eigenvalue weighted by Gasteiger charge is -2.40. The highest BCUT2D eigenvalue weighted by molar-refractivity contribution is 5.85. The fourth-order valence-electron chi connectivity index (χ4n) is 3.19. The highest BCUT2D eigenvalue weighted by Crippen LogP contribution is 2.44. The molecule has 2 N–H and O–H groups in total. The molecule has 0 radical (unpaired) electrons. The molecule has 0 amide bonds. The number of aromatic hydroxyl groups is 1. The molecule has 2 unspecified atom stereocenters. The SMILES string of the molecule is CCC(C)C(O)(c1cc2ccccc2cc1O)C(C)CC. The van der Waals surface area contributed by atoms with E-state index in [0.717, 1.165) is 23.6 Å². The van der Waals surface area contributed by atoms with E-state index in [9.17, 15) is 10.2 Å². The van der Waals surface area contributed by atoms with Crippen LogP contribution in [0.1, 0.15) is 46.1 Å². The van der Waals surface area contributed by atoms with Gasteiger partial charge < -0.3 is 10.2 Å². The summed E-state index contributed by atoms with van der Waals surface area (Å²) in [5.41, 5.74) is -0.345. The number of aliphatic hydroxyl groups is 1. The van der Waals surface area contributed by atoms with Crippen molar-refractivity contribution in [1.29, 1.82) is 0 Å². The minimum Gasteiger partial charge on any atom is -0.508 e. The summed E-state index contributed by atoms with van der Waals surface area (Å²) in [5.74, 6) is 0.357. The topological polar surface area (TPSA) is 40.5 Å². The Balaban J connectivity index is 2.67. The molecule has 21 heavy (non-hydrogen) atoms. The second kappa shape index (κ2) is 6.07. The maximum absolute atomic E-state index is 11.4. The van der Waals surface area contributed by atoms with Crippen molar-refractivity contribution in [3.63, 3.8) is 0 Å². The van der Waals surface area contributed by atoms with E-state index in [0.29, 0.717) is 5.56 Å². The van der Waals surface area contributed by atoms with Gasteiger partial charge in [-0.25, -0.2) is 0 Å². The van der Waals surface area contributed by atoms with Gasteiger partial charge in [-0.3, -0.25) is 0 Å². The second-order valence-corrected chi connectivity index (χ2v) is 6.16. The molecule has 0 spiro atoms. The Morgan fingerprint density at radius 1 is 0.952 bits per heavy atom. The number of rotatable bonds is 5. The Labute approximate surface area is 127 Å². The summed E-state index contributed by atoms with van der Waals surface area (Å²) in [4.78, 5) is 0. The maximum Gasteiger partial charge on any atom is 0.122 e. The Morgan fingerprint density at radius 2 is 1.43 bits per heavy atom. The quantitative estimate of drug-likeness (QED) is 0.827. The van der Waals surface area contributed by atoms with E-state index in [4.69, 9.17) is 0 Å². The van der Waals surface area contributed by atoms with E-state index < -0.39 is 5.60 Å². The van der Waals surface area contributed by atoms with Gasteiger partial charge in [0.1, 0.15) is 5.75 Å². The van der Waals surface area contributed by atoms with E-state index in [2.05, 4.69) is 27.7 Å². The van der Waals surface area contributed by atoms with Gasteiger partial charge >= 0.3 is 0 Å². The summed E-state index contributed by atoms with van der Waals surface area (Å²) in [6, 6.07) is 11.6. The molecule has 0 fully saturated rings. The van der Waals surface area contributed by atoms with Crippen LogP contribution in [-0.4, -0.2) is 10.2 Å². The van der Waals surface area contributed by atoms with E-state index in [1.165, 1.54) is 0 Å². The van der Waals surface area contributed by atoms with Crippen LogP contribution in [0.15, 0.2) is 36.4 Å². The molecule has 0 aliphatic carbocycles. The summed E-state index contributed by atoms with van der Waals surface area (Å²) in [7, 11) is 0. The zero-order valence-electron chi connectivity index (χ0n) is 13.4. The first kappa shape index (κ1) is 15.8. The van der Waals surface area contributed by atoms with Crippen LogP contribution in [-0.2, 0) is 5.60 Å². The molecule has 114 valence electrons. The molecule has 2 heteroatoms. The largest absolute Gasteiger partial charge is 0.508 e. The standard InChI is InChI=1S/C19H26O2/c1-5-13(3)19(21,14(4)6-2)17-11-15-9-7-8-10-16(15)12-18(17)20/h7-14,20-21H,5-6H2,1-4H3. The third-order valence-electron chi connectivity index (χ3n) is 5.02. The first-order chi connectivity index (χ1) is 9.94.